The summed E-state index contributed by atoms with van der Waals surface area (Å²) in [5.74, 6) is -0.124. The fourth-order valence-electron chi connectivity index (χ4n) is 4.49. The first-order valence-electron chi connectivity index (χ1n) is 9.19. The number of carboxylic acids is 1. The lowest BCUT2D eigenvalue weighted by Crippen LogP contribution is -2.58. The van der Waals surface area contributed by atoms with Crippen LogP contribution in [0.1, 0.15) is 32.6 Å². The number of rotatable bonds is 5. The molecule has 0 radical (unpaired) electrons. The van der Waals surface area contributed by atoms with Crippen molar-refractivity contribution in [3.05, 3.63) is 0 Å². The van der Waals surface area contributed by atoms with Gasteiger partial charge in [-0.2, -0.15) is 0 Å². The van der Waals surface area contributed by atoms with E-state index in [-0.39, 0.29) is 24.7 Å². The fraction of sp³-hybridized carbons (Fsp3) is 0.882. The number of piperidine rings is 1. The Balaban J connectivity index is 1.46. The van der Waals surface area contributed by atoms with E-state index in [9.17, 15) is 9.59 Å². The highest BCUT2D eigenvalue weighted by atomic mass is 16.4. The molecule has 7 nitrogen and oxygen atoms in total. The molecule has 0 bridgehead atoms. The van der Waals surface area contributed by atoms with Gasteiger partial charge in [0, 0.05) is 31.2 Å². The average molecular weight is 338 g/mol. The fourth-order valence-corrected chi connectivity index (χ4v) is 4.49. The number of likely N-dealkylation sites (tertiary alicyclic amines) is 2. The number of amides is 2. The second-order valence-electron chi connectivity index (χ2n) is 7.59. The third-order valence-electron chi connectivity index (χ3n) is 6.03. The van der Waals surface area contributed by atoms with Gasteiger partial charge in [-0.15, -0.1) is 0 Å². The van der Waals surface area contributed by atoms with E-state index in [4.69, 9.17) is 5.11 Å². The lowest BCUT2D eigenvalue weighted by molar-refractivity contribution is -0.139. The summed E-state index contributed by atoms with van der Waals surface area (Å²) in [6.07, 6.45) is 4.03. The van der Waals surface area contributed by atoms with E-state index in [0.717, 1.165) is 45.4 Å². The summed E-state index contributed by atoms with van der Waals surface area (Å²) in [7, 11) is 2.13. The van der Waals surface area contributed by atoms with Crippen LogP contribution in [0, 0.1) is 5.92 Å². The monoisotopic (exact) mass is 338 g/mol. The van der Waals surface area contributed by atoms with Crippen LogP contribution >= 0.6 is 0 Å². The molecule has 7 heteroatoms. The smallest absolute Gasteiger partial charge is 0.317 e. The van der Waals surface area contributed by atoms with Gasteiger partial charge >= 0.3 is 12.0 Å². The molecule has 2 amide bonds. The Morgan fingerprint density at radius 2 is 1.96 bits per heavy atom. The number of urea groups is 1. The Labute approximate surface area is 144 Å². The molecular formula is C17H30N4O3. The number of carboxylic acid groups (broad SMARTS) is 1. The van der Waals surface area contributed by atoms with Crippen molar-refractivity contribution in [3.8, 4) is 0 Å². The Bertz CT molecular complexity index is 480. The Kier molecular flexibility index (Phi) is 5.30. The van der Waals surface area contributed by atoms with Crippen LogP contribution in [0.2, 0.25) is 0 Å². The minimum Gasteiger partial charge on any atom is -0.480 e. The van der Waals surface area contributed by atoms with E-state index >= 15 is 0 Å². The van der Waals surface area contributed by atoms with Gasteiger partial charge in [0.25, 0.3) is 0 Å². The zero-order chi connectivity index (χ0) is 17.3. The Morgan fingerprint density at radius 1 is 1.25 bits per heavy atom. The van der Waals surface area contributed by atoms with Crippen molar-refractivity contribution in [1.29, 1.82) is 0 Å². The van der Waals surface area contributed by atoms with Gasteiger partial charge in [0.1, 0.15) is 0 Å². The number of hydrogen-bond acceptors (Lipinski definition) is 4. The largest absolute Gasteiger partial charge is 0.480 e. The highest BCUT2D eigenvalue weighted by Crippen LogP contribution is 2.32. The molecule has 1 saturated carbocycles. The first kappa shape index (κ1) is 17.5. The van der Waals surface area contributed by atoms with E-state index in [0.29, 0.717) is 12.0 Å². The zero-order valence-corrected chi connectivity index (χ0v) is 14.8. The molecule has 3 aliphatic rings. The van der Waals surface area contributed by atoms with Gasteiger partial charge in [-0.25, -0.2) is 4.79 Å². The summed E-state index contributed by atoms with van der Waals surface area (Å²) in [6, 6.07) is 0.899. The van der Waals surface area contributed by atoms with E-state index in [1.165, 1.54) is 6.42 Å². The molecule has 2 N–H and O–H groups in total. The molecule has 2 unspecified atom stereocenters. The zero-order valence-electron chi connectivity index (χ0n) is 14.8. The normalized spacial score (nSPS) is 33.2. The molecule has 0 spiro atoms. The molecule has 1 aliphatic carbocycles. The van der Waals surface area contributed by atoms with E-state index in [1.807, 2.05) is 16.7 Å². The van der Waals surface area contributed by atoms with Crippen molar-refractivity contribution in [2.24, 2.45) is 5.92 Å². The van der Waals surface area contributed by atoms with Crippen LogP contribution in [0.5, 0.6) is 0 Å². The van der Waals surface area contributed by atoms with Gasteiger partial charge in [-0.1, -0.05) is 6.92 Å². The van der Waals surface area contributed by atoms with Crippen molar-refractivity contribution in [2.75, 3.05) is 39.8 Å². The van der Waals surface area contributed by atoms with Crippen LogP contribution in [-0.4, -0.2) is 89.7 Å². The first-order chi connectivity index (χ1) is 11.5. The first-order valence-corrected chi connectivity index (χ1v) is 9.19. The minimum absolute atomic E-state index is 0.0718. The number of carbonyl (C=O) groups excluding carboxylic acids is 1. The molecule has 3 fully saturated rings. The molecule has 0 aromatic carbocycles. The number of nitrogens with zero attached hydrogens (tertiary/aromatic N) is 3. The maximum Gasteiger partial charge on any atom is 0.317 e. The SMILES string of the molecule is CCN(CC(=O)O)C1CC(NC(=O)N2CCC3CCN(C)CC32)C1. The third-order valence-corrected chi connectivity index (χ3v) is 6.03. The second kappa shape index (κ2) is 7.27. The summed E-state index contributed by atoms with van der Waals surface area (Å²) >= 11 is 0. The molecule has 0 aromatic rings. The number of fused-ring (bicyclic) bond motifs is 1. The van der Waals surface area contributed by atoms with E-state index in [2.05, 4.69) is 17.3 Å². The number of nitrogens with one attached hydrogen (secondary N) is 1. The number of aliphatic carboxylic acids is 1. The number of likely N-dealkylation sites (N-methyl/N-ethyl adjacent to an activating group) is 2. The third kappa shape index (κ3) is 3.67. The van der Waals surface area contributed by atoms with Gasteiger partial charge in [0.2, 0.25) is 0 Å². The molecule has 3 rings (SSSR count). The number of hydrogen-bond donors (Lipinski definition) is 2. The molecule has 2 saturated heterocycles. The quantitative estimate of drug-likeness (QED) is 0.770. The molecule has 24 heavy (non-hydrogen) atoms. The summed E-state index contributed by atoms with van der Waals surface area (Å²) in [5.41, 5.74) is 0. The van der Waals surface area contributed by atoms with Crippen molar-refractivity contribution in [1.82, 2.24) is 20.0 Å². The highest BCUT2D eigenvalue weighted by Gasteiger charge is 2.41. The average Bonchev–Trinajstić information content (AvgIpc) is 2.91. The highest BCUT2D eigenvalue weighted by molar-refractivity contribution is 5.75. The Hall–Kier alpha value is -1.34. The van der Waals surface area contributed by atoms with E-state index < -0.39 is 5.97 Å². The lowest BCUT2D eigenvalue weighted by atomic mass is 9.85. The predicted octanol–water partition coefficient (Wildman–Crippen LogP) is 0.660. The van der Waals surface area contributed by atoms with Crippen molar-refractivity contribution in [3.63, 3.8) is 0 Å². The van der Waals surface area contributed by atoms with Gasteiger partial charge in [0.15, 0.2) is 0 Å². The predicted molar refractivity (Wildman–Crippen MR) is 90.9 cm³/mol. The standard InChI is InChI=1S/C17H30N4O3/c1-3-20(11-16(22)23)14-8-13(9-14)18-17(24)21-7-5-12-4-6-19(2)10-15(12)21/h12-15H,3-11H2,1-2H3,(H,18,24)(H,22,23). The Morgan fingerprint density at radius 3 is 2.62 bits per heavy atom. The molecule has 2 atom stereocenters. The summed E-state index contributed by atoms with van der Waals surface area (Å²) in [4.78, 5) is 29.8. The van der Waals surface area contributed by atoms with Crippen LogP contribution in [-0.2, 0) is 4.79 Å². The van der Waals surface area contributed by atoms with Gasteiger partial charge in [-0.05, 0) is 51.7 Å². The molecule has 2 aliphatic heterocycles. The second-order valence-corrected chi connectivity index (χ2v) is 7.59. The van der Waals surface area contributed by atoms with Crippen LogP contribution in [0.15, 0.2) is 0 Å². The van der Waals surface area contributed by atoms with Crippen LogP contribution < -0.4 is 5.32 Å². The summed E-state index contributed by atoms with van der Waals surface area (Å²) < 4.78 is 0. The maximum absolute atomic E-state index is 12.6. The van der Waals surface area contributed by atoms with Gasteiger partial charge in [-0.3, -0.25) is 9.69 Å². The summed E-state index contributed by atoms with van der Waals surface area (Å²) in [5, 5.41) is 12.1. The summed E-state index contributed by atoms with van der Waals surface area (Å²) in [6.45, 7) is 5.79. The topological polar surface area (TPSA) is 76.1 Å². The van der Waals surface area contributed by atoms with E-state index in [1.54, 1.807) is 0 Å². The molecule has 136 valence electrons. The van der Waals surface area contributed by atoms with Crippen LogP contribution in [0.25, 0.3) is 0 Å². The minimum atomic E-state index is -0.783. The maximum atomic E-state index is 12.6. The molecular weight excluding hydrogens is 308 g/mol. The molecule has 0 aromatic heterocycles. The van der Waals surface area contributed by atoms with Crippen molar-refractivity contribution in [2.45, 2.75) is 50.7 Å². The van der Waals surface area contributed by atoms with Crippen molar-refractivity contribution >= 4 is 12.0 Å². The van der Waals surface area contributed by atoms with Crippen LogP contribution in [0.4, 0.5) is 4.79 Å². The lowest BCUT2D eigenvalue weighted by Gasteiger charge is -2.43. The van der Waals surface area contributed by atoms with Gasteiger partial charge < -0.3 is 20.2 Å². The molecule has 2 heterocycles. The number of carbonyl (C=O) groups is 2. The van der Waals surface area contributed by atoms with Gasteiger partial charge in [0.05, 0.1) is 6.54 Å². The van der Waals surface area contributed by atoms with Crippen LogP contribution in [0.3, 0.4) is 0 Å². The van der Waals surface area contributed by atoms with Crippen molar-refractivity contribution < 1.29 is 14.7 Å².